The number of carbonyl (C=O) groups is 1. The molecule has 5 nitrogen and oxygen atoms in total. The molecule has 130 valence electrons. The standard InChI is InChI=1S/C17H17ClN4OS2/c1-3-22-16(14-8-9-15(18)25-14)20-21-17(22)24-10-12-4-6-13(7-5-12)19-11(2)23/h4-9H,3,10H2,1-2H3,(H,19,23). The number of nitrogens with one attached hydrogen (secondary N) is 1. The zero-order valence-electron chi connectivity index (χ0n) is 13.8. The van der Waals surface area contributed by atoms with Crippen LogP contribution in [0.4, 0.5) is 5.69 Å². The van der Waals surface area contributed by atoms with Crippen molar-refractivity contribution in [3.63, 3.8) is 0 Å². The minimum atomic E-state index is -0.0700. The first-order chi connectivity index (χ1) is 12.1. The highest BCUT2D eigenvalue weighted by atomic mass is 35.5. The summed E-state index contributed by atoms with van der Waals surface area (Å²) in [7, 11) is 0. The molecule has 0 fully saturated rings. The minimum Gasteiger partial charge on any atom is -0.326 e. The Morgan fingerprint density at radius 1 is 1.24 bits per heavy atom. The summed E-state index contributed by atoms with van der Waals surface area (Å²) in [5.41, 5.74) is 1.96. The predicted octanol–water partition coefficient (Wildman–Crippen LogP) is 4.93. The lowest BCUT2D eigenvalue weighted by Gasteiger charge is -2.07. The highest BCUT2D eigenvalue weighted by Crippen LogP contribution is 2.32. The Morgan fingerprint density at radius 2 is 2.00 bits per heavy atom. The lowest BCUT2D eigenvalue weighted by Crippen LogP contribution is -2.05. The van der Waals surface area contributed by atoms with Crippen LogP contribution in [0.3, 0.4) is 0 Å². The van der Waals surface area contributed by atoms with Gasteiger partial charge < -0.3 is 9.88 Å². The van der Waals surface area contributed by atoms with E-state index in [-0.39, 0.29) is 5.91 Å². The minimum absolute atomic E-state index is 0.0700. The van der Waals surface area contributed by atoms with E-state index in [1.165, 1.54) is 18.3 Å². The fourth-order valence-corrected chi connectivity index (χ4v) is 4.33. The zero-order chi connectivity index (χ0) is 17.8. The van der Waals surface area contributed by atoms with Gasteiger partial charge in [-0.25, -0.2) is 0 Å². The van der Waals surface area contributed by atoms with E-state index in [9.17, 15) is 4.79 Å². The number of anilines is 1. The van der Waals surface area contributed by atoms with Gasteiger partial charge in [-0.2, -0.15) is 0 Å². The average Bonchev–Trinajstić information content (AvgIpc) is 3.19. The Labute approximate surface area is 159 Å². The van der Waals surface area contributed by atoms with Gasteiger partial charge in [0, 0.05) is 24.9 Å². The number of aromatic nitrogens is 3. The molecule has 25 heavy (non-hydrogen) atoms. The Bertz CT molecular complexity index is 873. The molecular weight excluding hydrogens is 376 g/mol. The van der Waals surface area contributed by atoms with Gasteiger partial charge in [-0.1, -0.05) is 35.5 Å². The maximum atomic E-state index is 11.1. The summed E-state index contributed by atoms with van der Waals surface area (Å²) >= 11 is 9.17. The second kappa shape index (κ2) is 8.03. The third kappa shape index (κ3) is 4.42. The molecule has 0 saturated carbocycles. The molecule has 0 saturated heterocycles. The molecule has 0 unspecified atom stereocenters. The molecular formula is C17H17ClN4OS2. The molecule has 2 heterocycles. The number of benzene rings is 1. The molecule has 0 bridgehead atoms. The highest BCUT2D eigenvalue weighted by Gasteiger charge is 2.14. The van der Waals surface area contributed by atoms with Gasteiger partial charge in [-0.3, -0.25) is 4.79 Å². The number of rotatable bonds is 6. The van der Waals surface area contributed by atoms with Gasteiger partial charge in [-0.05, 0) is 36.8 Å². The first-order valence-electron chi connectivity index (χ1n) is 7.75. The van der Waals surface area contributed by atoms with Crippen molar-refractivity contribution in [3.05, 3.63) is 46.3 Å². The normalized spacial score (nSPS) is 10.8. The number of halogens is 1. The molecule has 1 amide bonds. The van der Waals surface area contributed by atoms with E-state index < -0.39 is 0 Å². The molecule has 0 atom stereocenters. The van der Waals surface area contributed by atoms with E-state index in [1.807, 2.05) is 36.4 Å². The van der Waals surface area contributed by atoms with Crippen LogP contribution in [0, 0.1) is 0 Å². The first-order valence-corrected chi connectivity index (χ1v) is 9.93. The molecule has 8 heteroatoms. The molecule has 0 aliphatic heterocycles. The van der Waals surface area contributed by atoms with Gasteiger partial charge in [0.1, 0.15) is 0 Å². The Kier molecular flexibility index (Phi) is 5.78. The SMILES string of the molecule is CCn1c(SCc2ccc(NC(C)=O)cc2)nnc1-c1ccc(Cl)s1. The van der Waals surface area contributed by atoms with E-state index in [2.05, 4.69) is 27.0 Å². The highest BCUT2D eigenvalue weighted by molar-refractivity contribution is 7.98. The summed E-state index contributed by atoms with van der Waals surface area (Å²) in [5, 5.41) is 12.3. The van der Waals surface area contributed by atoms with Crippen LogP contribution in [0.25, 0.3) is 10.7 Å². The summed E-state index contributed by atoms with van der Waals surface area (Å²) in [6.07, 6.45) is 0. The van der Waals surface area contributed by atoms with E-state index in [4.69, 9.17) is 11.6 Å². The Balaban J connectivity index is 1.71. The quantitative estimate of drug-likeness (QED) is 0.604. The largest absolute Gasteiger partial charge is 0.326 e. The fraction of sp³-hybridized carbons (Fsp3) is 0.235. The van der Waals surface area contributed by atoms with Crippen LogP contribution in [0.1, 0.15) is 19.4 Å². The number of amides is 1. The van der Waals surface area contributed by atoms with Crippen LogP contribution in [0.5, 0.6) is 0 Å². The van der Waals surface area contributed by atoms with Gasteiger partial charge >= 0.3 is 0 Å². The third-order valence-corrected chi connectivity index (χ3v) is 5.73. The smallest absolute Gasteiger partial charge is 0.221 e. The second-order valence-electron chi connectivity index (χ2n) is 5.32. The molecule has 0 aliphatic rings. The maximum absolute atomic E-state index is 11.1. The number of thiophene rings is 1. The number of hydrogen-bond donors (Lipinski definition) is 1. The molecule has 2 aromatic heterocycles. The van der Waals surface area contributed by atoms with Crippen molar-refractivity contribution >= 4 is 46.3 Å². The van der Waals surface area contributed by atoms with Gasteiger partial charge in [0.2, 0.25) is 5.91 Å². The molecule has 1 N–H and O–H groups in total. The van der Waals surface area contributed by atoms with Crippen LogP contribution in [0.15, 0.2) is 41.6 Å². The Morgan fingerprint density at radius 3 is 2.60 bits per heavy atom. The number of hydrogen-bond acceptors (Lipinski definition) is 5. The van der Waals surface area contributed by atoms with Crippen LogP contribution < -0.4 is 5.32 Å². The predicted molar refractivity (Wildman–Crippen MR) is 104 cm³/mol. The van der Waals surface area contributed by atoms with Gasteiger partial charge in [0.15, 0.2) is 11.0 Å². The summed E-state index contributed by atoms with van der Waals surface area (Å²) in [5.74, 6) is 1.56. The molecule has 3 aromatic rings. The van der Waals surface area contributed by atoms with E-state index in [0.29, 0.717) is 0 Å². The second-order valence-corrected chi connectivity index (χ2v) is 7.98. The Hall–Kier alpha value is -1.83. The number of thioether (sulfide) groups is 1. The van der Waals surface area contributed by atoms with Gasteiger partial charge in [0.25, 0.3) is 0 Å². The number of nitrogens with zero attached hydrogens (tertiary/aromatic N) is 3. The van der Waals surface area contributed by atoms with Crippen molar-refractivity contribution in [3.8, 4) is 10.7 Å². The average molecular weight is 393 g/mol. The third-order valence-electron chi connectivity index (χ3n) is 3.47. The fourth-order valence-electron chi connectivity index (χ4n) is 2.33. The monoisotopic (exact) mass is 392 g/mol. The summed E-state index contributed by atoms with van der Waals surface area (Å²) in [6.45, 7) is 4.37. The molecule has 0 radical (unpaired) electrons. The molecule has 1 aromatic carbocycles. The van der Waals surface area contributed by atoms with Crippen LogP contribution in [-0.2, 0) is 17.1 Å². The van der Waals surface area contributed by atoms with Gasteiger partial charge in [-0.15, -0.1) is 21.5 Å². The lowest BCUT2D eigenvalue weighted by molar-refractivity contribution is -0.114. The van der Waals surface area contributed by atoms with Gasteiger partial charge in [0.05, 0.1) is 9.21 Å². The van der Waals surface area contributed by atoms with Crippen molar-refractivity contribution in [1.29, 1.82) is 0 Å². The van der Waals surface area contributed by atoms with Crippen LogP contribution >= 0.6 is 34.7 Å². The topological polar surface area (TPSA) is 59.8 Å². The van der Waals surface area contributed by atoms with E-state index >= 15 is 0 Å². The lowest BCUT2D eigenvalue weighted by atomic mass is 10.2. The van der Waals surface area contributed by atoms with Crippen LogP contribution in [0.2, 0.25) is 4.34 Å². The summed E-state index contributed by atoms with van der Waals surface area (Å²) in [4.78, 5) is 12.1. The van der Waals surface area contributed by atoms with Crippen molar-refractivity contribution in [1.82, 2.24) is 14.8 Å². The molecule has 0 aliphatic carbocycles. The van der Waals surface area contributed by atoms with Crippen molar-refractivity contribution in [2.24, 2.45) is 0 Å². The number of carbonyl (C=O) groups excluding carboxylic acids is 1. The maximum Gasteiger partial charge on any atom is 0.221 e. The first kappa shape index (κ1) is 18.0. The van der Waals surface area contributed by atoms with Crippen LogP contribution in [-0.4, -0.2) is 20.7 Å². The summed E-state index contributed by atoms with van der Waals surface area (Å²) in [6, 6.07) is 11.7. The van der Waals surface area contributed by atoms with E-state index in [0.717, 1.165) is 43.7 Å². The van der Waals surface area contributed by atoms with E-state index in [1.54, 1.807) is 11.8 Å². The van der Waals surface area contributed by atoms with Crippen molar-refractivity contribution in [2.75, 3.05) is 5.32 Å². The molecule has 0 spiro atoms. The summed E-state index contributed by atoms with van der Waals surface area (Å²) < 4.78 is 2.84. The van der Waals surface area contributed by atoms with Crippen molar-refractivity contribution in [2.45, 2.75) is 31.3 Å². The van der Waals surface area contributed by atoms with Crippen molar-refractivity contribution < 1.29 is 4.79 Å². The zero-order valence-corrected chi connectivity index (χ0v) is 16.2. The molecule has 3 rings (SSSR count).